The van der Waals surface area contributed by atoms with E-state index in [9.17, 15) is 9.59 Å². The molecule has 0 fully saturated rings. The van der Waals surface area contributed by atoms with Crippen molar-refractivity contribution in [3.8, 4) is 11.5 Å². The molecule has 0 aliphatic carbocycles. The Balaban J connectivity index is 1.26. The van der Waals surface area contributed by atoms with E-state index in [2.05, 4.69) is 10.6 Å². The molecular formula is C26H22N2O4S. The first-order valence-corrected chi connectivity index (χ1v) is 11.5. The summed E-state index contributed by atoms with van der Waals surface area (Å²) in [4.78, 5) is 26.8. The highest BCUT2D eigenvalue weighted by molar-refractivity contribution is 8.04. The van der Waals surface area contributed by atoms with Gasteiger partial charge in [-0.25, -0.2) is 0 Å². The molecule has 2 aliphatic heterocycles. The number of hydrogen-bond acceptors (Lipinski definition) is 5. The van der Waals surface area contributed by atoms with Crippen LogP contribution in [0.5, 0.6) is 11.5 Å². The summed E-state index contributed by atoms with van der Waals surface area (Å²) in [5, 5.41) is 5.93. The zero-order chi connectivity index (χ0) is 22.8. The van der Waals surface area contributed by atoms with Crippen molar-refractivity contribution in [3.05, 3.63) is 88.3 Å². The lowest BCUT2D eigenvalue weighted by Crippen LogP contribution is -2.26. The van der Waals surface area contributed by atoms with Gasteiger partial charge in [-0.2, -0.15) is 0 Å². The Morgan fingerprint density at radius 2 is 1.79 bits per heavy atom. The third-order valence-corrected chi connectivity index (χ3v) is 6.56. The molecule has 0 saturated carbocycles. The van der Waals surface area contributed by atoms with E-state index in [1.807, 2.05) is 67.6 Å². The summed E-state index contributed by atoms with van der Waals surface area (Å²) in [5.74, 6) is 1.12. The first-order valence-electron chi connectivity index (χ1n) is 10.7. The summed E-state index contributed by atoms with van der Waals surface area (Å²) in [7, 11) is 0. The van der Waals surface area contributed by atoms with Crippen LogP contribution in [0, 0.1) is 0 Å². The number of ether oxygens (including phenoxy) is 2. The van der Waals surface area contributed by atoms with Gasteiger partial charge in [-0.1, -0.05) is 42.1 Å². The summed E-state index contributed by atoms with van der Waals surface area (Å²) in [5.41, 5.74) is 3.16. The van der Waals surface area contributed by atoms with Crippen molar-refractivity contribution in [1.29, 1.82) is 0 Å². The van der Waals surface area contributed by atoms with Crippen molar-refractivity contribution in [2.24, 2.45) is 0 Å². The molecule has 0 spiro atoms. The van der Waals surface area contributed by atoms with Crippen LogP contribution in [0.25, 0.3) is 6.08 Å². The monoisotopic (exact) mass is 458 g/mol. The van der Waals surface area contributed by atoms with Crippen LogP contribution in [0.2, 0.25) is 0 Å². The second-order valence-electron chi connectivity index (χ2n) is 7.78. The fraction of sp³-hybridized carbons (Fsp3) is 0.154. The third-order valence-electron chi connectivity index (χ3n) is 5.46. The van der Waals surface area contributed by atoms with Crippen LogP contribution in [-0.4, -0.2) is 25.0 Å². The largest absolute Gasteiger partial charge is 0.486 e. The topological polar surface area (TPSA) is 76.7 Å². The number of thioether (sulfide) groups is 1. The minimum absolute atomic E-state index is 0.131. The summed E-state index contributed by atoms with van der Waals surface area (Å²) in [6.45, 7) is 2.99. The molecule has 2 amide bonds. The molecule has 166 valence electrons. The smallest absolute Gasteiger partial charge is 0.262 e. The second-order valence-corrected chi connectivity index (χ2v) is 8.86. The molecule has 0 bridgehead atoms. The minimum Gasteiger partial charge on any atom is -0.486 e. The van der Waals surface area contributed by atoms with E-state index in [0.29, 0.717) is 29.4 Å². The quantitative estimate of drug-likeness (QED) is 0.536. The van der Waals surface area contributed by atoms with Gasteiger partial charge in [0, 0.05) is 10.5 Å². The zero-order valence-electron chi connectivity index (χ0n) is 18.0. The van der Waals surface area contributed by atoms with E-state index in [0.717, 1.165) is 27.5 Å². The highest BCUT2D eigenvalue weighted by atomic mass is 32.2. The van der Waals surface area contributed by atoms with Gasteiger partial charge < -0.3 is 20.1 Å². The molecule has 6 nitrogen and oxygen atoms in total. The molecule has 5 rings (SSSR count). The summed E-state index contributed by atoms with van der Waals surface area (Å²) in [6.07, 6.45) is 1.83. The Hall–Kier alpha value is -3.71. The van der Waals surface area contributed by atoms with Crippen LogP contribution in [0.1, 0.15) is 34.5 Å². The van der Waals surface area contributed by atoms with Gasteiger partial charge in [-0.3, -0.25) is 9.59 Å². The molecule has 7 heteroatoms. The molecule has 3 aromatic carbocycles. The summed E-state index contributed by atoms with van der Waals surface area (Å²) in [6, 6.07) is 20.4. The van der Waals surface area contributed by atoms with Gasteiger partial charge in [0.05, 0.1) is 16.6 Å². The van der Waals surface area contributed by atoms with E-state index in [-0.39, 0.29) is 17.9 Å². The number of anilines is 1. The Bertz CT molecular complexity index is 1250. The van der Waals surface area contributed by atoms with Crippen molar-refractivity contribution in [3.63, 3.8) is 0 Å². The average molecular weight is 459 g/mol. The predicted octanol–water partition coefficient (Wildman–Crippen LogP) is 5.03. The molecule has 2 N–H and O–H groups in total. The fourth-order valence-corrected chi connectivity index (χ4v) is 4.63. The van der Waals surface area contributed by atoms with E-state index in [4.69, 9.17) is 9.47 Å². The molecule has 1 unspecified atom stereocenters. The van der Waals surface area contributed by atoms with Crippen molar-refractivity contribution in [1.82, 2.24) is 5.32 Å². The first-order chi connectivity index (χ1) is 16.1. The van der Waals surface area contributed by atoms with Crippen LogP contribution in [-0.2, 0) is 4.79 Å². The standard InChI is InChI=1S/C26H22N2O4S/c1-16(19-10-11-21-22(15-19)32-13-12-31-21)27-25(29)18-8-6-17(7-9-18)14-24-26(30)28-20-4-2-3-5-23(20)33-24/h2-11,14-16H,12-13H2,1H3,(H,27,29)(H,28,30)/b24-14+. The fourth-order valence-electron chi connectivity index (χ4n) is 3.68. The number of amides is 2. The molecule has 33 heavy (non-hydrogen) atoms. The molecular weight excluding hydrogens is 436 g/mol. The van der Waals surface area contributed by atoms with E-state index in [1.165, 1.54) is 11.8 Å². The highest BCUT2D eigenvalue weighted by Crippen LogP contribution is 2.38. The van der Waals surface area contributed by atoms with Crippen molar-refractivity contribution in [2.45, 2.75) is 17.9 Å². The van der Waals surface area contributed by atoms with Crippen LogP contribution < -0.4 is 20.1 Å². The van der Waals surface area contributed by atoms with E-state index in [1.54, 1.807) is 12.1 Å². The number of carbonyl (C=O) groups excluding carboxylic acids is 2. The van der Waals surface area contributed by atoms with E-state index >= 15 is 0 Å². The van der Waals surface area contributed by atoms with Crippen LogP contribution in [0.3, 0.4) is 0 Å². The summed E-state index contributed by atoms with van der Waals surface area (Å²) < 4.78 is 11.2. The Morgan fingerprint density at radius 3 is 2.61 bits per heavy atom. The molecule has 1 atom stereocenters. The molecule has 2 aliphatic rings. The molecule has 0 aromatic heterocycles. The normalized spacial score (nSPS) is 16.5. The number of rotatable bonds is 4. The van der Waals surface area contributed by atoms with Crippen LogP contribution in [0.4, 0.5) is 5.69 Å². The molecule has 3 aromatic rings. The SMILES string of the molecule is CC(NC(=O)c1ccc(/C=C2/Sc3ccccc3NC2=O)cc1)c1ccc2c(c1)OCCO2. The minimum atomic E-state index is -0.197. The number of para-hydroxylation sites is 1. The Labute approximate surface area is 196 Å². The number of hydrogen-bond donors (Lipinski definition) is 2. The maximum atomic E-state index is 12.8. The number of fused-ring (bicyclic) bond motifs is 2. The lowest BCUT2D eigenvalue weighted by atomic mass is 10.1. The number of carbonyl (C=O) groups is 2. The van der Waals surface area contributed by atoms with Crippen LogP contribution in [0.15, 0.2) is 76.5 Å². The maximum absolute atomic E-state index is 12.8. The number of nitrogens with one attached hydrogen (secondary N) is 2. The predicted molar refractivity (Wildman–Crippen MR) is 129 cm³/mol. The zero-order valence-corrected chi connectivity index (χ0v) is 18.8. The lowest BCUT2D eigenvalue weighted by Gasteiger charge is -2.21. The molecule has 0 saturated heterocycles. The van der Waals surface area contributed by atoms with Gasteiger partial charge in [0.2, 0.25) is 0 Å². The first kappa shape index (κ1) is 21.2. The lowest BCUT2D eigenvalue weighted by molar-refractivity contribution is -0.112. The van der Waals surface area contributed by atoms with Crippen LogP contribution >= 0.6 is 11.8 Å². The van der Waals surface area contributed by atoms with Crippen molar-refractivity contribution < 1.29 is 19.1 Å². The van der Waals surface area contributed by atoms with Gasteiger partial charge in [-0.05, 0) is 60.5 Å². The third kappa shape index (κ3) is 4.59. The van der Waals surface area contributed by atoms with Gasteiger partial charge >= 0.3 is 0 Å². The Kier molecular flexibility index (Phi) is 5.79. The van der Waals surface area contributed by atoms with Gasteiger partial charge in [0.25, 0.3) is 11.8 Å². The maximum Gasteiger partial charge on any atom is 0.262 e. The molecule has 2 heterocycles. The van der Waals surface area contributed by atoms with Gasteiger partial charge in [0.1, 0.15) is 13.2 Å². The average Bonchev–Trinajstić information content (AvgIpc) is 2.84. The van der Waals surface area contributed by atoms with Crippen molar-refractivity contribution >= 4 is 35.3 Å². The highest BCUT2D eigenvalue weighted by Gasteiger charge is 2.21. The molecule has 0 radical (unpaired) electrons. The Morgan fingerprint density at radius 1 is 1.03 bits per heavy atom. The van der Waals surface area contributed by atoms with E-state index < -0.39 is 0 Å². The van der Waals surface area contributed by atoms with Crippen molar-refractivity contribution in [2.75, 3.05) is 18.5 Å². The summed E-state index contributed by atoms with van der Waals surface area (Å²) >= 11 is 1.44. The van der Waals surface area contributed by atoms with Gasteiger partial charge in [0.15, 0.2) is 11.5 Å². The number of benzene rings is 3. The second kappa shape index (κ2) is 9.03. The van der Waals surface area contributed by atoms with Gasteiger partial charge in [-0.15, -0.1) is 0 Å².